The molecule has 1 heterocycles. The van der Waals surface area contributed by atoms with Gasteiger partial charge in [0, 0.05) is 23.9 Å². The summed E-state index contributed by atoms with van der Waals surface area (Å²) in [6.07, 6.45) is 1.62. The van der Waals surface area contributed by atoms with Crippen molar-refractivity contribution in [3.8, 4) is 5.75 Å². The average molecular weight is 408 g/mol. The molecule has 29 heavy (non-hydrogen) atoms. The molecule has 0 aromatic heterocycles. The van der Waals surface area contributed by atoms with Gasteiger partial charge in [0.05, 0.1) is 10.6 Å². The first-order chi connectivity index (χ1) is 13.9. The zero-order valence-corrected chi connectivity index (χ0v) is 16.4. The molecular weight excluding hydrogens is 388 g/mol. The van der Waals surface area contributed by atoms with Gasteiger partial charge in [-0.25, -0.2) is 8.42 Å². The number of hydrogen-bond acceptors (Lipinski definition) is 4. The highest BCUT2D eigenvalue weighted by Gasteiger charge is 2.28. The van der Waals surface area contributed by atoms with Gasteiger partial charge in [0.1, 0.15) is 5.75 Å². The van der Waals surface area contributed by atoms with Crippen molar-refractivity contribution in [3.63, 3.8) is 0 Å². The van der Waals surface area contributed by atoms with E-state index in [1.54, 1.807) is 12.1 Å². The van der Waals surface area contributed by atoms with Crippen LogP contribution in [0.4, 0.5) is 11.4 Å². The van der Waals surface area contributed by atoms with Crippen molar-refractivity contribution in [1.29, 1.82) is 0 Å². The molecule has 0 atom stereocenters. The number of rotatable bonds is 4. The molecule has 4 rings (SSSR count). The number of carbonyl (C=O) groups excluding carboxylic acids is 1. The second-order valence-corrected chi connectivity index (χ2v) is 8.70. The third kappa shape index (κ3) is 3.82. The first-order valence-corrected chi connectivity index (χ1v) is 10.7. The van der Waals surface area contributed by atoms with Gasteiger partial charge in [-0.2, -0.15) is 0 Å². The number of anilines is 2. The number of benzene rings is 3. The Labute approximate surface area is 169 Å². The predicted octanol–water partition coefficient (Wildman–Crippen LogP) is 3.79. The first-order valence-electron chi connectivity index (χ1n) is 9.26. The van der Waals surface area contributed by atoms with Crippen LogP contribution in [0.1, 0.15) is 22.3 Å². The maximum absolute atomic E-state index is 13.2. The highest BCUT2D eigenvalue weighted by Crippen LogP contribution is 2.31. The number of sulfonamides is 1. The highest BCUT2D eigenvalue weighted by atomic mass is 32.2. The summed E-state index contributed by atoms with van der Waals surface area (Å²) in [6.45, 7) is 0.430. The molecular formula is C22H20N2O4S. The lowest BCUT2D eigenvalue weighted by molar-refractivity contribution is 0.102. The number of nitrogens with one attached hydrogen (secondary N) is 1. The Bertz CT molecular complexity index is 1160. The van der Waals surface area contributed by atoms with Crippen molar-refractivity contribution in [2.45, 2.75) is 17.7 Å². The zero-order valence-electron chi connectivity index (χ0n) is 15.6. The van der Waals surface area contributed by atoms with Gasteiger partial charge in [0.25, 0.3) is 15.9 Å². The normalized spacial score (nSPS) is 13.6. The van der Waals surface area contributed by atoms with Crippen LogP contribution in [0, 0.1) is 0 Å². The molecule has 2 N–H and O–H groups in total. The summed E-state index contributed by atoms with van der Waals surface area (Å²) in [5, 5.41) is 12.2. The lowest BCUT2D eigenvalue weighted by Gasteiger charge is -2.30. The minimum absolute atomic E-state index is 0.0473. The Kier molecular flexibility index (Phi) is 4.98. The number of carbonyl (C=O) groups is 1. The van der Waals surface area contributed by atoms with Crippen molar-refractivity contribution in [2.24, 2.45) is 0 Å². The van der Waals surface area contributed by atoms with E-state index in [0.717, 1.165) is 18.4 Å². The molecule has 0 saturated heterocycles. The molecule has 3 aromatic rings. The van der Waals surface area contributed by atoms with Gasteiger partial charge in [-0.3, -0.25) is 9.10 Å². The van der Waals surface area contributed by atoms with Crippen LogP contribution in [0.2, 0.25) is 0 Å². The molecule has 1 aliphatic heterocycles. The van der Waals surface area contributed by atoms with Gasteiger partial charge in [-0.05, 0) is 60.9 Å². The van der Waals surface area contributed by atoms with E-state index in [1.165, 1.54) is 40.7 Å². The van der Waals surface area contributed by atoms with E-state index >= 15 is 0 Å². The molecule has 0 fully saturated rings. The topological polar surface area (TPSA) is 86.7 Å². The third-order valence-electron chi connectivity index (χ3n) is 4.88. The molecule has 0 bridgehead atoms. The number of aryl methyl sites for hydroxylation is 1. The van der Waals surface area contributed by atoms with Crippen LogP contribution in [0.15, 0.2) is 77.7 Å². The van der Waals surface area contributed by atoms with Crippen molar-refractivity contribution in [3.05, 3.63) is 83.9 Å². The van der Waals surface area contributed by atoms with E-state index in [2.05, 4.69) is 5.32 Å². The Hall–Kier alpha value is -3.32. The fourth-order valence-corrected chi connectivity index (χ4v) is 4.98. The average Bonchev–Trinajstić information content (AvgIpc) is 2.73. The first kappa shape index (κ1) is 19.0. The summed E-state index contributed by atoms with van der Waals surface area (Å²) in [6, 6.07) is 19.6. The summed E-state index contributed by atoms with van der Waals surface area (Å²) in [5.41, 5.74) is 2.51. The molecule has 0 aliphatic carbocycles. The fourth-order valence-electron chi connectivity index (χ4n) is 3.44. The minimum Gasteiger partial charge on any atom is -0.508 e. The second-order valence-electron chi connectivity index (χ2n) is 6.84. The lowest BCUT2D eigenvalue weighted by Crippen LogP contribution is -2.35. The Morgan fingerprint density at radius 1 is 0.966 bits per heavy atom. The van der Waals surface area contributed by atoms with E-state index in [4.69, 9.17) is 0 Å². The van der Waals surface area contributed by atoms with Crippen molar-refractivity contribution < 1.29 is 18.3 Å². The summed E-state index contributed by atoms with van der Waals surface area (Å²) < 4.78 is 27.8. The van der Waals surface area contributed by atoms with Gasteiger partial charge in [-0.15, -0.1) is 0 Å². The third-order valence-corrected chi connectivity index (χ3v) is 6.70. The number of phenolic OH excluding ortho intramolecular Hbond substituents is 1. The molecule has 0 radical (unpaired) electrons. The van der Waals surface area contributed by atoms with Gasteiger partial charge >= 0.3 is 0 Å². The molecule has 6 nitrogen and oxygen atoms in total. The number of nitrogens with zero attached hydrogens (tertiary/aromatic N) is 1. The van der Waals surface area contributed by atoms with Crippen molar-refractivity contribution in [1.82, 2.24) is 0 Å². The van der Waals surface area contributed by atoms with E-state index in [-0.39, 0.29) is 16.6 Å². The number of hydrogen-bond donors (Lipinski definition) is 2. The quantitative estimate of drug-likeness (QED) is 0.688. The standard InChI is InChI=1S/C22H20N2O4S/c25-19-8-3-7-18(15-19)23-22(26)17-10-12-20(13-11-17)29(27,28)24-14-4-6-16-5-1-2-9-21(16)24/h1-3,5,7-13,15,25H,4,6,14H2,(H,23,26). The summed E-state index contributed by atoms with van der Waals surface area (Å²) in [7, 11) is -3.71. The van der Waals surface area contributed by atoms with Crippen molar-refractivity contribution in [2.75, 3.05) is 16.2 Å². The van der Waals surface area contributed by atoms with Crippen LogP contribution < -0.4 is 9.62 Å². The van der Waals surface area contributed by atoms with Crippen LogP contribution in [-0.4, -0.2) is 26.0 Å². The molecule has 148 valence electrons. The maximum atomic E-state index is 13.2. The summed E-state index contributed by atoms with van der Waals surface area (Å²) in [5.74, 6) is -0.339. The molecule has 0 unspecified atom stereocenters. The van der Waals surface area contributed by atoms with Gasteiger partial charge in [-0.1, -0.05) is 24.3 Å². The van der Waals surface area contributed by atoms with Crippen LogP contribution in [0.3, 0.4) is 0 Å². The smallest absolute Gasteiger partial charge is 0.264 e. The molecule has 1 amide bonds. The van der Waals surface area contributed by atoms with Crippen LogP contribution >= 0.6 is 0 Å². The van der Waals surface area contributed by atoms with Gasteiger partial charge < -0.3 is 10.4 Å². The SMILES string of the molecule is O=C(Nc1cccc(O)c1)c1ccc(S(=O)(=O)N2CCCc3ccccc32)cc1. The van der Waals surface area contributed by atoms with Crippen LogP contribution in [-0.2, 0) is 16.4 Å². The summed E-state index contributed by atoms with van der Waals surface area (Å²) in [4.78, 5) is 12.5. The molecule has 0 saturated carbocycles. The lowest BCUT2D eigenvalue weighted by atomic mass is 10.0. The van der Waals surface area contributed by atoms with E-state index < -0.39 is 10.0 Å². The number of aromatic hydroxyl groups is 1. The van der Waals surface area contributed by atoms with E-state index in [9.17, 15) is 18.3 Å². The monoisotopic (exact) mass is 408 g/mol. The second kappa shape index (κ2) is 7.60. The Morgan fingerprint density at radius 2 is 1.72 bits per heavy atom. The largest absolute Gasteiger partial charge is 0.508 e. The highest BCUT2D eigenvalue weighted by molar-refractivity contribution is 7.92. The van der Waals surface area contributed by atoms with Gasteiger partial charge in [0.2, 0.25) is 0 Å². The minimum atomic E-state index is -3.71. The number of para-hydroxylation sites is 1. The molecule has 3 aromatic carbocycles. The number of fused-ring (bicyclic) bond motifs is 1. The van der Waals surface area contributed by atoms with Crippen LogP contribution in [0.25, 0.3) is 0 Å². The van der Waals surface area contributed by atoms with E-state index in [0.29, 0.717) is 23.5 Å². The molecule has 0 spiro atoms. The number of phenols is 1. The summed E-state index contributed by atoms with van der Waals surface area (Å²) >= 11 is 0. The fraction of sp³-hybridized carbons (Fsp3) is 0.136. The zero-order chi connectivity index (χ0) is 20.4. The molecule has 7 heteroatoms. The van der Waals surface area contributed by atoms with Crippen molar-refractivity contribution >= 4 is 27.3 Å². The van der Waals surface area contributed by atoms with E-state index in [1.807, 2.05) is 24.3 Å². The van der Waals surface area contributed by atoms with Crippen LogP contribution in [0.5, 0.6) is 5.75 Å². The number of amides is 1. The Morgan fingerprint density at radius 3 is 2.48 bits per heavy atom. The predicted molar refractivity (Wildman–Crippen MR) is 112 cm³/mol. The Balaban J connectivity index is 1.57. The maximum Gasteiger partial charge on any atom is 0.264 e. The molecule has 1 aliphatic rings. The van der Waals surface area contributed by atoms with Gasteiger partial charge in [0.15, 0.2) is 0 Å².